The molecule has 2 N–H and O–H groups in total. The van der Waals surface area contributed by atoms with Crippen LogP contribution in [0.3, 0.4) is 0 Å². The Morgan fingerprint density at radius 1 is 1.79 bits per heavy atom. The van der Waals surface area contributed by atoms with Gasteiger partial charge in [0.15, 0.2) is 0 Å². The van der Waals surface area contributed by atoms with Gasteiger partial charge < -0.3 is 10.3 Å². The molecule has 0 bridgehead atoms. The lowest BCUT2D eigenvalue weighted by atomic mass is 10.2. The van der Waals surface area contributed by atoms with Crippen molar-refractivity contribution in [3.05, 3.63) is 18.2 Å². The van der Waals surface area contributed by atoms with E-state index in [1.165, 1.54) is 0 Å². The predicted octanol–water partition coefficient (Wildman–Crippen LogP) is 1.60. The molecule has 78 valence electrons. The van der Waals surface area contributed by atoms with E-state index in [4.69, 9.17) is 11.6 Å². The van der Waals surface area contributed by atoms with Crippen LogP contribution in [0.15, 0.2) is 12.4 Å². The van der Waals surface area contributed by atoms with Gasteiger partial charge in [-0.1, -0.05) is 6.92 Å². The number of hydrogen-bond donors (Lipinski definition) is 2. The van der Waals surface area contributed by atoms with Crippen LogP contribution >= 0.6 is 11.6 Å². The Bertz CT molecular complexity index is 284. The van der Waals surface area contributed by atoms with Crippen LogP contribution < -0.4 is 5.32 Å². The minimum Gasteiger partial charge on any atom is -0.347 e. The average molecular weight is 216 g/mol. The second-order valence-electron chi connectivity index (χ2n) is 3.06. The van der Waals surface area contributed by atoms with E-state index in [-0.39, 0.29) is 11.9 Å². The number of aromatic nitrogens is 2. The summed E-state index contributed by atoms with van der Waals surface area (Å²) >= 11 is 5.65. The molecule has 0 aliphatic heterocycles. The number of nitrogens with one attached hydrogen (secondary N) is 2. The Labute approximate surface area is 88.1 Å². The molecule has 0 fully saturated rings. The summed E-state index contributed by atoms with van der Waals surface area (Å²) in [5, 5.41) is 2.29. The summed E-state index contributed by atoms with van der Waals surface area (Å²) in [4.78, 5) is 18.4. The summed E-state index contributed by atoms with van der Waals surface area (Å²) in [5.41, 5.74) is 0. The molecule has 0 saturated heterocycles. The van der Waals surface area contributed by atoms with Crippen LogP contribution in [0.1, 0.15) is 32.1 Å². The van der Waals surface area contributed by atoms with Crippen molar-refractivity contribution in [1.82, 2.24) is 15.3 Å². The molecule has 1 amide bonds. The number of nitrogens with zero attached hydrogens (tertiary/aromatic N) is 1. The number of H-pyrrole nitrogens is 1. The Morgan fingerprint density at radius 3 is 2.93 bits per heavy atom. The predicted molar refractivity (Wildman–Crippen MR) is 55.1 cm³/mol. The van der Waals surface area contributed by atoms with Crippen molar-refractivity contribution in [2.24, 2.45) is 0 Å². The van der Waals surface area contributed by atoms with Crippen LogP contribution in [0.2, 0.25) is 0 Å². The van der Waals surface area contributed by atoms with Gasteiger partial charge in [0.2, 0.25) is 5.91 Å². The number of carbonyl (C=O) groups excluding carboxylic acids is 1. The lowest BCUT2D eigenvalue weighted by molar-refractivity contribution is -0.121. The quantitative estimate of drug-likeness (QED) is 0.750. The molecular weight excluding hydrogens is 202 g/mol. The number of amides is 1. The lowest BCUT2D eigenvalue weighted by Crippen LogP contribution is -2.33. The van der Waals surface area contributed by atoms with Crippen molar-refractivity contribution < 1.29 is 4.79 Å². The summed E-state index contributed by atoms with van der Waals surface area (Å²) in [5.74, 6) is 0.591. The minimum absolute atomic E-state index is 0.0845. The molecule has 14 heavy (non-hydrogen) atoms. The topological polar surface area (TPSA) is 57.8 Å². The summed E-state index contributed by atoms with van der Waals surface area (Å²) < 4.78 is 0. The first kappa shape index (κ1) is 11.0. The van der Waals surface area contributed by atoms with E-state index < -0.39 is 5.38 Å². The van der Waals surface area contributed by atoms with E-state index in [0.717, 1.165) is 12.2 Å². The number of imidazole rings is 1. The van der Waals surface area contributed by atoms with E-state index in [1.807, 2.05) is 6.92 Å². The van der Waals surface area contributed by atoms with Crippen LogP contribution in [-0.4, -0.2) is 21.3 Å². The van der Waals surface area contributed by atoms with Crippen LogP contribution in [0, 0.1) is 0 Å². The fourth-order valence-electron chi connectivity index (χ4n) is 1.12. The summed E-state index contributed by atoms with van der Waals surface area (Å²) in [7, 11) is 0. The molecule has 0 aromatic carbocycles. The molecule has 1 rings (SSSR count). The third-order valence-corrected chi connectivity index (χ3v) is 2.13. The molecule has 1 heterocycles. The second kappa shape index (κ2) is 5.00. The van der Waals surface area contributed by atoms with Gasteiger partial charge in [0, 0.05) is 12.4 Å². The number of aromatic amines is 1. The average Bonchev–Trinajstić information content (AvgIpc) is 2.66. The first-order chi connectivity index (χ1) is 6.65. The van der Waals surface area contributed by atoms with Crippen LogP contribution in [0.5, 0.6) is 0 Å². The van der Waals surface area contributed by atoms with Gasteiger partial charge in [-0.2, -0.15) is 0 Å². The van der Waals surface area contributed by atoms with Gasteiger partial charge in [-0.15, -0.1) is 11.6 Å². The maximum Gasteiger partial charge on any atom is 0.238 e. The normalized spacial score (nSPS) is 14.8. The maximum atomic E-state index is 11.3. The van der Waals surface area contributed by atoms with E-state index in [9.17, 15) is 4.79 Å². The standard InChI is InChI=1S/C9H14ClN3O/c1-3-7(8-11-4-5-12-8)13-9(14)6(2)10/h4-7H,3H2,1-2H3,(H,11,12)(H,13,14). The van der Waals surface area contributed by atoms with Crippen molar-refractivity contribution in [3.8, 4) is 0 Å². The van der Waals surface area contributed by atoms with Crippen LogP contribution in [0.4, 0.5) is 0 Å². The molecule has 0 aliphatic carbocycles. The van der Waals surface area contributed by atoms with Crippen molar-refractivity contribution in [2.45, 2.75) is 31.7 Å². The van der Waals surface area contributed by atoms with Crippen molar-refractivity contribution in [1.29, 1.82) is 0 Å². The molecule has 5 heteroatoms. The number of halogens is 1. The molecule has 2 atom stereocenters. The molecule has 0 saturated carbocycles. The first-order valence-corrected chi connectivity index (χ1v) is 5.02. The molecule has 2 unspecified atom stereocenters. The molecule has 1 aromatic heterocycles. The van der Waals surface area contributed by atoms with Crippen LogP contribution in [-0.2, 0) is 4.79 Å². The highest BCUT2D eigenvalue weighted by atomic mass is 35.5. The lowest BCUT2D eigenvalue weighted by Gasteiger charge is -2.15. The van der Waals surface area contributed by atoms with Gasteiger partial charge in [-0.3, -0.25) is 4.79 Å². The second-order valence-corrected chi connectivity index (χ2v) is 3.71. The highest BCUT2D eigenvalue weighted by Crippen LogP contribution is 2.11. The smallest absolute Gasteiger partial charge is 0.238 e. The molecule has 4 nitrogen and oxygen atoms in total. The highest BCUT2D eigenvalue weighted by Gasteiger charge is 2.17. The largest absolute Gasteiger partial charge is 0.347 e. The monoisotopic (exact) mass is 215 g/mol. The summed E-state index contributed by atoms with van der Waals surface area (Å²) in [6, 6.07) is -0.0845. The highest BCUT2D eigenvalue weighted by molar-refractivity contribution is 6.30. The van der Waals surface area contributed by atoms with Crippen LogP contribution in [0.25, 0.3) is 0 Å². The minimum atomic E-state index is -0.515. The van der Waals surface area contributed by atoms with Crippen molar-refractivity contribution in [3.63, 3.8) is 0 Å². The zero-order valence-electron chi connectivity index (χ0n) is 8.25. The molecule has 0 spiro atoms. The first-order valence-electron chi connectivity index (χ1n) is 4.58. The van der Waals surface area contributed by atoms with Gasteiger partial charge >= 0.3 is 0 Å². The molecule has 0 aliphatic rings. The Kier molecular flexibility index (Phi) is 3.95. The molecule has 0 radical (unpaired) electrons. The number of alkyl halides is 1. The summed E-state index contributed by atoms with van der Waals surface area (Å²) in [6.07, 6.45) is 4.17. The number of carbonyl (C=O) groups is 1. The van der Waals surface area contributed by atoms with Gasteiger partial charge in [0.1, 0.15) is 11.2 Å². The number of hydrogen-bond acceptors (Lipinski definition) is 2. The van der Waals surface area contributed by atoms with E-state index in [2.05, 4.69) is 15.3 Å². The Morgan fingerprint density at radius 2 is 2.50 bits per heavy atom. The van der Waals surface area contributed by atoms with Gasteiger partial charge in [-0.25, -0.2) is 4.98 Å². The molecule has 1 aromatic rings. The Hall–Kier alpha value is -1.03. The third-order valence-electron chi connectivity index (χ3n) is 1.94. The molecular formula is C9H14ClN3O. The third kappa shape index (κ3) is 2.73. The fraction of sp³-hybridized carbons (Fsp3) is 0.556. The number of rotatable bonds is 4. The van der Waals surface area contributed by atoms with Gasteiger partial charge in [-0.05, 0) is 13.3 Å². The Balaban J connectivity index is 2.61. The van der Waals surface area contributed by atoms with Gasteiger partial charge in [0.25, 0.3) is 0 Å². The van der Waals surface area contributed by atoms with E-state index in [0.29, 0.717) is 0 Å². The van der Waals surface area contributed by atoms with E-state index in [1.54, 1.807) is 19.3 Å². The van der Waals surface area contributed by atoms with Gasteiger partial charge in [0.05, 0.1) is 6.04 Å². The zero-order chi connectivity index (χ0) is 10.6. The summed E-state index contributed by atoms with van der Waals surface area (Å²) in [6.45, 7) is 3.62. The zero-order valence-corrected chi connectivity index (χ0v) is 9.01. The van der Waals surface area contributed by atoms with E-state index >= 15 is 0 Å². The maximum absolute atomic E-state index is 11.3. The van der Waals surface area contributed by atoms with Crippen molar-refractivity contribution >= 4 is 17.5 Å². The SMILES string of the molecule is CCC(NC(=O)C(C)Cl)c1ncc[nH]1. The fourth-order valence-corrected chi connectivity index (χ4v) is 1.18. The van der Waals surface area contributed by atoms with Crippen molar-refractivity contribution in [2.75, 3.05) is 0 Å².